The van der Waals surface area contributed by atoms with Crippen LogP contribution in [0.1, 0.15) is 11.1 Å². The first-order valence-corrected chi connectivity index (χ1v) is 6.52. The van der Waals surface area contributed by atoms with E-state index in [0.29, 0.717) is 3.57 Å². The summed E-state index contributed by atoms with van der Waals surface area (Å²) in [6.07, 6.45) is -1.96. The fourth-order valence-corrected chi connectivity index (χ4v) is 2.19. The van der Waals surface area contributed by atoms with Crippen LogP contribution in [0.25, 0.3) is 0 Å². The molecular formula is C12H9F3IN3O. The minimum atomic E-state index is -4.52. The van der Waals surface area contributed by atoms with Crippen LogP contribution < -0.4 is 11.3 Å². The van der Waals surface area contributed by atoms with Crippen molar-refractivity contribution >= 4 is 28.3 Å². The summed E-state index contributed by atoms with van der Waals surface area (Å²) in [6, 6.07) is 3.50. The Morgan fingerprint density at radius 3 is 2.70 bits per heavy atom. The number of hydrogen-bond donors (Lipinski definition) is 1. The van der Waals surface area contributed by atoms with Crippen molar-refractivity contribution in [2.75, 3.05) is 5.73 Å². The molecule has 0 unspecified atom stereocenters. The highest BCUT2D eigenvalue weighted by molar-refractivity contribution is 14.1. The van der Waals surface area contributed by atoms with Gasteiger partial charge in [-0.15, -0.1) is 0 Å². The average molecular weight is 395 g/mol. The van der Waals surface area contributed by atoms with Crippen molar-refractivity contribution < 1.29 is 13.2 Å². The first-order chi connectivity index (χ1) is 9.29. The number of nitrogens with zero attached hydrogens (tertiary/aromatic N) is 2. The molecule has 20 heavy (non-hydrogen) atoms. The van der Waals surface area contributed by atoms with Gasteiger partial charge in [0.1, 0.15) is 0 Å². The van der Waals surface area contributed by atoms with E-state index in [4.69, 9.17) is 5.73 Å². The molecule has 1 aromatic heterocycles. The molecule has 1 aromatic carbocycles. The molecule has 0 aliphatic rings. The highest BCUT2D eigenvalue weighted by Crippen LogP contribution is 2.33. The quantitative estimate of drug-likeness (QED) is 0.628. The van der Waals surface area contributed by atoms with Crippen molar-refractivity contribution in [2.45, 2.75) is 12.7 Å². The fourth-order valence-electron chi connectivity index (χ4n) is 1.72. The largest absolute Gasteiger partial charge is 0.416 e. The lowest BCUT2D eigenvalue weighted by atomic mass is 10.1. The van der Waals surface area contributed by atoms with E-state index < -0.39 is 11.7 Å². The number of nitrogen functional groups attached to an aromatic ring is 1. The maximum absolute atomic E-state index is 13.0. The molecule has 0 fully saturated rings. The summed E-state index contributed by atoms with van der Waals surface area (Å²) < 4.78 is 40.3. The predicted molar refractivity (Wildman–Crippen MR) is 76.2 cm³/mol. The zero-order chi connectivity index (χ0) is 14.9. The zero-order valence-electron chi connectivity index (χ0n) is 9.99. The molecule has 0 spiro atoms. The maximum Gasteiger partial charge on any atom is 0.416 e. The Hall–Kier alpha value is -1.58. The minimum Gasteiger partial charge on any atom is -0.399 e. The lowest BCUT2D eigenvalue weighted by Crippen LogP contribution is -2.24. The molecule has 0 amide bonds. The third-order valence-electron chi connectivity index (χ3n) is 2.64. The molecule has 0 atom stereocenters. The third kappa shape index (κ3) is 3.11. The van der Waals surface area contributed by atoms with E-state index in [1.807, 2.05) is 0 Å². The molecule has 0 aliphatic heterocycles. The molecule has 8 heteroatoms. The van der Waals surface area contributed by atoms with Crippen LogP contribution in [-0.4, -0.2) is 9.55 Å². The van der Waals surface area contributed by atoms with Gasteiger partial charge >= 0.3 is 6.18 Å². The topological polar surface area (TPSA) is 60.9 Å². The van der Waals surface area contributed by atoms with Gasteiger partial charge in [-0.05, 0) is 40.3 Å². The number of alkyl halides is 3. The first kappa shape index (κ1) is 14.8. The molecule has 1 heterocycles. The summed E-state index contributed by atoms with van der Waals surface area (Å²) in [4.78, 5) is 15.6. The van der Waals surface area contributed by atoms with Crippen molar-refractivity contribution in [1.82, 2.24) is 9.55 Å². The number of aromatic nitrogens is 2. The van der Waals surface area contributed by atoms with E-state index in [1.54, 1.807) is 22.6 Å². The van der Waals surface area contributed by atoms with E-state index in [9.17, 15) is 18.0 Å². The molecule has 0 bridgehead atoms. The molecule has 2 aromatic rings. The molecule has 0 saturated heterocycles. The van der Waals surface area contributed by atoms with Crippen molar-refractivity contribution in [2.24, 2.45) is 0 Å². The zero-order valence-corrected chi connectivity index (χ0v) is 12.1. The molecule has 2 rings (SSSR count). The lowest BCUT2D eigenvalue weighted by molar-refractivity contribution is -0.138. The molecule has 0 saturated carbocycles. The summed E-state index contributed by atoms with van der Waals surface area (Å²) in [5, 5.41) is 0. The first-order valence-electron chi connectivity index (χ1n) is 5.44. The smallest absolute Gasteiger partial charge is 0.399 e. The Balaban J connectivity index is 2.49. The predicted octanol–water partition coefficient (Wildman–Crippen LogP) is 2.50. The van der Waals surface area contributed by atoms with Gasteiger partial charge in [-0.25, -0.2) is 4.98 Å². The Bertz CT molecular complexity index is 697. The van der Waals surface area contributed by atoms with Crippen molar-refractivity contribution in [3.8, 4) is 0 Å². The summed E-state index contributed by atoms with van der Waals surface area (Å²) in [7, 11) is 0. The average Bonchev–Trinajstić information content (AvgIpc) is 2.36. The summed E-state index contributed by atoms with van der Waals surface area (Å²) in [5.74, 6) is 0. The van der Waals surface area contributed by atoms with E-state index in [1.165, 1.54) is 24.7 Å². The molecule has 4 nitrogen and oxygen atoms in total. The maximum atomic E-state index is 13.0. The van der Waals surface area contributed by atoms with Crippen LogP contribution in [0.5, 0.6) is 0 Å². The van der Waals surface area contributed by atoms with E-state index in [2.05, 4.69) is 4.98 Å². The molecule has 106 valence electrons. The number of rotatable bonds is 2. The van der Waals surface area contributed by atoms with Gasteiger partial charge in [0.05, 0.1) is 22.0 Å². The standard InChI is InChI=1S/C12H9F3IN3O/c13-12(14,15)9-3-8(17)2-1-7(9)5-19-6-18-4-10(16)11(19)20/h1-4,6H,5,17H2. The van der Waals surface area contributed by atoms with Crippen molar-refractivity contribution in [3.63, 3.8) is 0 Å². The van der Waals surface area contributed by atoms with Gasteiger partial charge in [-0.3, -0.25) is 9.36 Å². The minimum absolute atomic E-state index is 0.0224. The molecular weight excluding hydrogens is 386 g/mol. The molecule has 2 N–H and O–H groups in total. The second-order valence-corrected chi connectivity index (χ2v) is 5.25. The van der Waals surface area contributed by atoms with E-state index >= 15 is 0 Å². The summed E-state index contributed by atoms with van der Waals surface area (Å²) in [5.41, 5.74) is 4.15. The van der Waals surface area contributed by atoms with E-state index in [0.717, 1.165) is 10.6 Å². The van der Waals surface area contributed by atoms with Gasteiger partial charge in [-0.2, -0.15) is 13.2 Å². The number of nitrogens with two attached hydrogens (primary N) is 1. The Labute approximate surface area is 125 Å². The highest BCUT2D eigenvalue weighted by atomic mass is 127. The second kappa shape index (κ2) is 5.43. The van der Waals surface area contributed by atoms with Crippen molar-refractivity contribution in [3.05, 3.63) is 55.8 Å². The summed E-state index contributed by atoms with van der Waals surface area (Å²) >= 11 is 1.78. The van der Waals surface area contributed by atoms with Crippen LogP contribution in [0.15, 0.2) is 35.5 Å². The number of anilines is 1. The number of benzene rings is 1. The van der Waals surface area contributed by atoms with E-state index in [-0.39, 0.29) is 23.4 Å². The van der Waals surface area contributed by atoms with Crippen LogP contribution in [0.3, 0.4) is 0 Å². The van der Waals surface area contributed by atoms with Crippen LogP contribution in [0, 0.1) is 3.57 Å². The fraction of sp³-hybridized carbons (Fsp3) is 0.167. The SMILES string of the molecule is Nc1ccc(Cn2cncc(I)c2=O)c(C(F)(F)F)c1. The lowest BCUT2D eigenvalue weighted by Gasteiger charge is -2.14. The summed E-state index contributed by atoms with van der Waals surface area (Å²) in [6.45, 7) is -0.211. The van der Waals surface area contributed by atoms with Crippen LogP contribution >= 0.6 is 22.6 Å². The Morgan fingerprint density at radius 1 is 1.35 bits per heavy atom. The normalized spacial score (nSPS) is 11.6. The van der Waals surface area contributed by atoms with Gasteiger partial charge < -0.3 is 5.73 Å². The monoisotopic (exact) mass is 395 g/mol. The third-order valence-corrected chi connectivity index (χ3v) is 3.38. The van der Waals surface area contributed by atoms with Crippen LogP contribution in [0.2, 0.25) is 0 Å². The van der Waals surface area contributed by atoms with Gasteiger partial charge in [0, 0.05) is 11.9 Å². The van der Waals surface area contributed by atoms with Gasteiger partial charge in [0.15, 0.2) is 0 Å². The number of hydrogen-bond acceptors (Lipinski definition) is 3. The van der Waals surface area contributed by atoms with Gasteiger partial charge in [0.25, 0.3) is 5.56 Å². The van der Waals surface area contributed by atoms with Crippen LogP contribution in [-0.2, 0) is 12.7 Å². The van der Waals surface area contributed by atoms with Gasteiger partial charge in [-0.1, -0.05) is 6.07 Å². The molecule has 0 radical (unpaired) electrons. The number of halogens is 4. The van der Waals surface area contributed by atoms with Crippen LogP contribution in [0.4, 0.5) is 18.9 Å². The second-order valence-electron chi connectivity index (χ2n) is 4.09. The van der Waals surface area contributed by atoms with Gasteiger partial charge in [0.2, 0.25) is 0 Å². The molecule has 0 aliphatic carbocycles. The Kier molecular flexibility index (Phi) is 4.02. The Morgan fingerprint density at radius 2 is 2.05 bits per heavy atom. The highest BCUT2D eigenvalue weighted by Gasteiger charge is 2.33. The van der Waals surface area contributed by atoms with Crippen molar-refractivity contribution in [1.29, 1.82) is 0 Å².